The molecule has 2 heterocycles. The van der Waals surface area contributed by atoms with Crippen molar-refractivity contribution >= 4 is 29.1 Å². The van der Waals surface area contributed by atoms with Crippen molar-refractivity contribution in [3.63, 3.8) is 0 Å². The van der Waals surface area contributed by atoms with Gasteiger partial charge in [-0.1, -0.05) is 54.1 Å². The van der Waals surface area contributed by atoms with Crippen LogP contribution in [0.1, 0.15) is 10.4 Å². The highest BCUT2D eigenvalue weighted by Crippen LogP contribution is 2.28. The summed E-state index contributed by atoms with van der Waals surface area (Å²) < 4.78 is 1.75. The molecular weight excluding hydrogens is 336 g/mol. The smallest absolute Gasteiger partial charge is 0.258 e. The van der Waals surface area contributed by atoms with Crippen molar-refractivity contribution in [1.29, 1.82) is 0 Å². The molecule has 0 aliphatic heterocycles. The van der Waals surface area contributed by atoms with Crippen LogP contribution in [0.2, 0.25) is 5.02 Å². The number of fused-ring (bicyclic) bond motifs is 1. The maximum atomic E-state index is 12.7. The molecule has 0 atom stereocenters. The molecule has 2 aromatic heterocycles. The predicted octanol–water partition coefficient (Wildman–Crippen LogP) is 4.30. The molecule has 0 unspecified atom stereocenters. The molecule has 122 valence electrons. The summed E-state index contributed by atoms with van der Waals surface area (Å²) >= 11 is 6.14. The minimum absolute atomic E-state index is 0.298. The van der Waals surface area contributed by atoms with Crippen molar-refractivity contribution in [3.8, 4) is 11.3 Å². The predicted molar refractivity (Wildman–Crippen MR) is 97.8 cm³/mol. The molecule has 0 aliphatic rings. The van der Waals surface area contributed by atoms with Crippen LogP contribution in [-0.4, -0.2) is 20.3 Å². The highest BCUT2D eigenvalue weighted by atomic mass is 35.5. The number of imidazole rings is 1. The highest BCUT2D eigenvalue weighted by molar-refractivity contribution is 6.34. The Bertz CT molecular complexity index is 1060. The summed E-state index contributed by atoms with van der Waals surface area (Å²) in [5, 5.41) is 3.32. The van der Waals surface area contributed by atoms with Gasteiger partial charge in [-0.05, 0) is 18.2 Å². The van der Waals surface area contributed by atoms with E-state index in [1.807, 2.05) is 36.5 Å². The third-order valence-electron chi connectivity index (χ3n) is 3.80. The van der Waals surface area contributed by atoms with Crippen LogP contribution in [0.15, 0.2) is 73.1 Å². The summed E-state index contributed by atoms with van der Waals surface area (Å²) in [6.07, 6.45) is 3.47. The lowest BCUT2D eigenvalue weighted by Crippen LogP contribution is -2.14. The number of hydrogen-bond acceptors (Lipinski definition) is 3. The van der Waals surface area contributed by atoms with E-state index in [2.05, 4.69) is 15.3 Å². The summed E-state index contributed by atoms with van der Waals surface area (Å²) in [7, 11) is 0. The molecule has 6 heteroatoms. The molecule has 0 saturated carbocycles. The third kappa shape index (κ3) is 2.86. The van der Waals surface area contributed by atoms with E-state index in [0.29, 0.717) is 27.9 Å². The lowest BCUT2D eigenvalue weighted by Gasteiger charge is -2.08. The van der Waals surface area contributed by atoms with E-state index in [1.54, 1.807) is 40.9 Å². The monoisotopic (exact) mass is 348 g/mol. The number of benzene rings is 2. The van der Waals surface area contributed by atoms with Gasteiger partial charge in [0.2, 0.25) is 5.78 Å². The number of hydrogen-bond donors (Lipinski definition) is 1. The van der Waals surface area contributed by atoms with Crippen LogP contribution in [0.4, 0.5) is 5.82 Å². The number of rotatable bonds is 3. The molecule has 0 radical (unpaired) electrons. The van der Waals surface area contributed by atoms with E-state index in [9.17, 15) is 4.79 Å². The first-order chi connectivity index (χ1) is 12.2. The van der Waals surface area contributed by atoms with Gasteiger partial charge in [0.05, 0.1) is 10.6 Å². The van der Waals surface area contributed by atoms with Crippen molar-refractivity contribution < 1.29 is 4.79 Å². The van der Waals surface area contributed by atoms with Crippen LogP contribution in [-0.2, 0) is 0 Å². The van der Waals surface area contributed by atoms with Crippen LogP contribution >= 0.6 is 11.6 Å². The number of anilines is 1. The number of nitrogens with zero attached hydrogens (tertiary/aromatic N) is 3. The zero-order valence-electron chi connectivity index (χ0n) is 13.1. The van der Waals surface area contributed by atoms with Crippen molar-refractivity contribution in [2.24, 2.45) is 0 Å². The summed E-state index contributed by atoms with van der Waals surface area (Å²) in [5.41, 5.74) is 1.95. The largest absolute Gasteiger partial charge is 0.306 e. The minimum Gasteiger partial charge on any atom is -0.306 e. The Balaban J connectivity index is 1.83. The van der Waals surface area contributed by atoms with Gasteiger partial charge in [0, 0.05) is 18.0 Å². The molecule has 2 aromatic carbocycles. The first kappa shape index (κ1) is 15.4. The maximum Gasteiger partial charge on any atom is 0.258 e. The fourth-order valence-corrected chi connectivity index (χ4v) is 2.85. The average Bonchev–Trinajstić information content (AvgIpc) is 3.01. The Morgan fingerprint density at radius 3 is 2.56 bits per heavy atom. The van der Waals surface area contributed by atoms with Crippen molar-refractivity contribution in [2.45, 2.75) is 0 Å². The van der Waals surface area contributed by atoms with Gasteiger partial charge in [-0.15, -0.1) is 0 Å². The van der Waals surface area contributed by atoms with Gasteiger partial charge < -0.3 is 5.32 Å². The molecular formula is C19H13ClN4O. The Morgan fingerprint density at radius 2 is 1.76 bits per heavy atom. The van der Waals surface area contributed by atoms with E-state index in [1.165, 1.54) is 0 Å². The zero-order valence-corrected chi connectivity index (χ0v) is 13.8. The van der Waals surface area contributed by atoms with Crippen LogP contribution in [0.3, 0.4) is 0 Å². The van der Waals surface area contributed by atoms with Gasteiger partial charge in [-0.2, -0.15) is 0 Å². The van der Waals surface area contributed by atoms with Crippen molar-refractivity contribution in [2.75, 3.05) is 5.32 Å². The zero-order chi connectivity index (χ0) is 17.2. The molecule has 0 aliphatic carbocycles. The standard InChI is InChI=1S/C19H13ClN4O/c20-15-10-5-4-9-14(15)18(25)23-17-16(13-7-2-1-3-8-13)22-19-21-11-6-12-24(17)19/h1-12H,(H,23,25). The van der Waals surface area contributed by atoms with Crippen LogP contribution in [0.25, 0.3) is 17.0 Å². The molecule has 1 amide bonds. The summed E-state index contributed by atoms with van der Waals surface area (Å²) in [5.74, 6) is 0.767. The lowest BCUT2D eigenvalue weighted by atomic mass is 10.1. The van der Waals surface area contributed by atoms with Crippen molar-refractivity contribution in [1.82, 2.24) is 14.4 Å². The van der Waals surface area contributed by atoms with E-state index in [4.69, 9.17) is 11.6 Å². The first-order valence-electron chi connectivity index (χ1n) is 7.68. The Hall–Kier alpha value is -3.18. The number of amides is 1. The minimum atomic E-state index is -0.298. The molecule has 25 heavy (non-hydrogen) atoms. The molecule has 0 saturated heterocycles. The molecule has 4 aromatic rings. The lowest BCUT2D eigenvalue weighted by molar-refractivity contribution is 0.102. The van der Waals surface area contributed by atoms with Gasteiger partial charge in [0.15, 0.2) is 0 Å². The second-order valence-electron chi connectivity index (χ2n) is 5.40. The van der Waals surface area contributed by atoms with Gasteiger partial charge in [-0.3, -0.25) is 9.20 Å². The van der Waals surface area contributed by atoms with E-state index < -0.39 is 0 Å². The maximum absolute atomic E-state index is 12.7. The van der Waals surface area contributed by atoms with E-state index in [0.717, 1.165) is 5.56 Å². The topological polar surface area (TPSA) is 59.3 Å². The Morgan fingerprint density at radius 1 is 1.00 bits per heavy atom. The van der Waals surface area contributed by atoms with Gasteiger partial charge >= 0.3 is 0 Å². The van der Waals surface area contributed by atoms with Gasteiger partial charge in [-0.25, -0.2) is 9.97 Å². The molecule has 0 spiro atoms. The molecule has 0 bridgehead atoms. The molecule has 4 rings (SSSR count). The quantitative estimate of drug-likeness (QED) is 0.600. The highest BCUT2D eigenvalue weighted by Gasteiger charge is 2.18. The number of carbonyl (C=O) groups is 1. The van der Waals surface area contributed by atoms with E-state index >= 15 is 0 Å². The summed E-state index contributed by atoms with van der Waals surface area (Å²) in [6, 6.07) is 18.4. The van der Waals surface area contributed by atoms with E-state index in [-0.39, 0.29) is 5.91 Å². The average molecular weight is 349 g/mol. The Kier molecular flexibility index (Phi) is 3.91. The summed E-state index contributed by atoms with van der Waals surface area (Å²) in [4.78, 5) is 21.5. The number of carbonyl (C=O) groups excluding carboxylic acids is 1. The van der Waals surface area contributed by atoms with Gasteiger partial charge in [0.1, 0.15) is 11.5 Å². The van der Waals surface area contributed by atoms with Crippen LogP contribution in [0.5, 0.6) is 0 Å². The van der Waals surface area contributed by atoms with Crippen molar-refractivity contribution in [3.05, 3.63) is 83.6 Å². The number of halogens is 1. The van der Waals surface area contributed by atoms with Crippen LogP contribution in [0, 0.1) is 0 Å². The van der Waals surface area contributed by atoms with Crippen LogP contribution < -0.4 is 5.32 Å². The second kappa shape index (κ2) is 6.37. The second-order valence-corrected chi connectivity index (χ2v) is 5.81. The summed E-state index contributed by atoms with van der Waals surface area (Å²) in [6.45, 7) is 0. The third-order valence-corrected chi connectivity index (χ3v) is 4.13. The Labute approximate surface area is 148 Å². The number of nitrogens with one attached hydrogen (secondary N) is 1. The van der Waals surface area contributed by atoms with Gasteiger partial charge in [0.25, 0.3) is 5.91 Å². The molecule has 1 N–H and O–H groups in total. The normalized spacial score (nSPS) is 10.8. The fourth-order valence-electron chi connectivity index (χ4n) is 2.62. The first-order valence-corrected chi connectivity index (χ1v) is 8.06. The number of aromatic nitrogens is 3. The molecule has 5 nitrogen and oxygen atoms in total. The SMILES string of the molecule is O=C(Nc1c(-c2ccccc2)nc2ncccn12)c1ccccc1Cl. The fraction of sp³-hybridized carbons (Fsp3) is 0. The molecule has 0 fully saturated rings.